The summed E-state index contributed by atoms with van der Waals surface area (Å²) in [5.41, 5.74) is 2.50. The van der Waals surface area contributed by atoms with E-state index in [1.807, 2.05) is 26.0 Å². The second-order valence-corrected chi connectivity index (χ2v) is 7.14. The molecule has 1 aromatic carbocycles. The first-order chi connectivity index (χ1) is 10.5. The van der Waals surface area contributed by atoms with Crippen molar-refractivity contribution in [2.24, 2.45) is 0 Å². The molecule has 0 spiro atoms. The van der Waals surface area contributed by atoms with E-state index in [0.717, 1.165) is 38.6 Å². The number of nitrogens with zero attached hydrogens (tertiary/aromatic N) is 3. The third kappa shape index (κ3) is 4.27. The van der Waals surface area contributed by atoms with Crippen LogP contribution in [0.15, 0.2) is 22.4 Å². The molecule has 5 nitrogen and oxygen atoms in total. The molecule has 0 radical (unpaired) electrons. The molecule has 0 aliphatic heterocycles. The van der Waals surface area contributed by atoms with Gasteiger partial charge in [0.2, 0.25) is 5.95 Å². The van der Waals surface area contributed by atoms with Crippen LogP contribution >= 0.6 is 23.5 Å². The normalized spacial score (nSPS) is 10.7. The van der Waals surface area contributed by atoms with E-state index < -0.39 is 0 Å². The first-order valence-electron chi connectivity index (χ1n) is 7.12. The summed E-state index contributed by atoms with van der Waals surface area (Å²) in [6.45, 7) is 7.89. The quantitative estimate of drug-likeness (QED) is 0.606. The van der Waals surface area contributed by atoms with Crippen molar-refractivity contribution in [2.45, 2.75) is 38.0 Å². The van der Waals surface area contributed by atoms with Crippen LogP contribution in [0.2, 0.25) is 0 Å². The Morgan fingerprint density at radius 3 is 1.91 bits per heavy atom. The van der Waals surface area contributed by atoms with Crippen LogP contribution in [-0.2, 0) is 0 Å². The van der Waals surface area contributed by atoms with E-state index in [1.165, 1.54) is 0 Å². The van der Waals surface area contributed by atoms with Crippen molar-refractivity contribution in [2.75, 3.05) is 16.8 Å². The Bertz CT molecular complexity index is 617. The molecule has 1 heterocycles. The average molecular weight is 336 g/mol. The summed E-state index contributed by atoms with van der Waals surface area (Å²) < 4.78 is 0. The van der Waals surface area contributed by atoms with E-state index in [1.54, 1.807) is 23.5 Å². The van der Waals surface area contributed by atoms with Gasteiger partial charge in [-0.1, -0.05) is 37.4 Å². The lowest BCUT2D eigenvalue weighted by Crippen LogP contribution is -2.03. The van der Waals surface area contributed by atoms with Gasteiger partial charge in [0.25, 0.3) is 0 Å². The fraction of sp³-hybridized carbons (Fsp3) is 0.400. The summed E-state index contributed by atoms with van der Waals surface area (Å²) in [6, 6.07) is 3.76. The van der Waals surface area contributed by atoms with E-state index in [0.29, 0.717) is 11.7 Å². The zero-order valence-corrected chi connectivity index (χ0v) is 14.8. The number of aromatic hydroxyl groups is 1. The van der Waals surface area contributed by atoms with Gasteiger partial charge in [-0.3, -0.25) is 0 Å². The Morgan fingerprint density at radius 2 is 1.45 bits per heavy atom. The summed E-state index contributed by atoms with van der Waals surface area (Å²) in [5, 5.41) is 14.5. The largest absolute Gasteiger partial charge is 0.507 e. The molecule has 0 unspecified atom stereocenters. The smallest absolute Gasteiger partial charge is 0.232 e. The molecule has 0 saturated carbocycles. The number of benzene rings is 1. The molecule has 22 heavy (non-hydrogen) atoms. The Hall–Kier alpha value is -1.47. The number of aromatic nitrogens is 3. The van der Waals surface area contributed by atoms with Gasteiger partial charge in [0.1, 0.15) is 5.75 Å². The maximum Gasteiger partial charge on any atom is 0.232 e. The number of anilines is 2. The number of hydrogen-bond acceptors (Lipinski definition) is 7. The molecule has 0 aliphatic rings. The number of rotatable bonds is 6. The van der Waals surface area contributed by atoms with Gasteiger partial charge in [0, 0.05) is 5.69 Å². The van der Waals surface area contributed by atoms with Gasteiger partial charge in [-0.2, -0.15) is 15.0 Å². The number of nitrogens with one attached hydrogen (secondary N) is 1. The minimum atomic E-state index is 0.325. The monoisotopic (exact) mass is 336 g/mol. The predicted octanol–water partition coefficient (Wildman–Crippen LogP) is 4.16. The summed E-state index contributed by atoms with van der Waals surface area (Å²) in [5.74, 6) is 2.69. The molecule has 1 aromatic heterocycles. The standard InChI is InChI=1S/C15H20N4OS2/c1-5-21-14-17-13(18-15(19-14)22-6-2)16-11-7-9(3)12(20)10(4)8-11/h7-8,20H,5-6H2,1-4H3,(H,16,17,18,19). The van der Waals surface area contributed by atoms with Gasteiger partial charge < -0.3 is 10.4 Å². The van der Waals surface area contributed by atoms with Crippen LogP contribution in [-0.4, -0.2) is 31.6 Å². The van der Waals surface area contributed by atoms with E-state index in [2.05, 4.69) is 34.1 Å². The average Bonchev–Trinajstić information content (AvgIpc) is 2.45. The van der Waals surface area contributed by atoms with Crippen LogP contribution in [0.3, 0.4) is 0 Å². The van der Waals surface area contributed by atoms with Gasteiger partial charge in [0.15, 0.2) is 10.3 Å². The van der Waals surface area contributed by atoms with Gasteiger partial charge in [0.05, 0.1) is 0 Å². The fourth-order valence-electron chi connectivity index (χ4n) is 1.94. The zero-order chi connectivity index (χ0) is 16.1. The molecule has 0 saturated heterocycles. The maximum absolute atomic E-state index is 9.85. The van der Waals surface area contributed by atoms with Crippen molar-refractivity contribution < 1.29 is 5.11 Å². The minimum absolute atomic E-state index is 0.325. The second-order valence-electron chi connectivity index (χ2n) is 4.67. The Labute approximate surface area is 139 Å². The fourth-order valence-corrected chi connectivity index (χ4v) is 3.12. The minimum Gasteiger partial charge on any atom is -0.507 e. The molecule has 2 aromatic rings. The number of phenols is 1. The van der Waals surface area contributed by atoms with Crippen molar-refractivity contribution in [3.8, 4) is 5.75 Å². The Morgan fingerprint density at radius 1 is 0.955 bits per heavy atom. The first kappa shape index (κ1) is 16.9. The van der Waals surface area contributed by atoms with Crippen LogP contribution in [0.4, 0.5) is 11.6 Å². The predicted molar refractivity (Wildman–Crippen MR) is 93.5 cm³/mol. The lowest BCUT2D eigenvalue weighted by Gasteiger charge is -2.10. The van der Waals surface area contributed by atoms with E-state index in [4.69, 9.17) is 0 Å². The van der Waals surface area contributed by atoms with E-state index in [9.17, 15) is 5.11 Å². The SMILES string of the molecule is CCSc1nc(Nc2cc(C)c(O)c(C)c2)nc(SCC)n1. The molecule has 0 atom stereocenters. The Balaban J connectivity index is 2.31. The van der Waals surface area contributed by atoms with Crippen LogP contribution in [0.25, 0.3) is 0 Å². The van der Waals surface area contributed by atoms with Crippen LogP contribution in [0, 0.1) is 13.8 Å². The highest BCUT2D eigenvalue weighted by Crippen LogP contribution is 2.27. The van der Waals surface area contributed by atoms with Crippen LogP contribution < -0.4 is 5.32 Å². The molecule has 2 N–H and O–H groups in total. The first-order valence-corrected chi connectivity index (χ1v) is 9.09. The summed E-state index contributed by atoms with van der Waals surface area (Å²) in [7, 11) is 0. The molecule has 0 aliphatic carbocycles. The summed E-state index contributed by atoms with van der Waals surface area (Å²) in [4.78, 5) is 13.3. The number of phenolic OH excluding ortho intramolecular Hbond substituents is 1. The molecule has 0 amide bonds. The van der Waals surface area contributed by atoms with E-state index in [-0.39, 0.29) is 0 Å². The number of thioether (sulfide) groups is 2. The lowest BCUT2D eigenvalue weighted by molar-refractivity contribution is 0.467. The highest BCUT2D eigenvalue weighted by Gasteiger charge is 2.09. The molecular formula is C15H20N4OS2. The van der Waals surface area contributed by atoms with E-state index >= 15 is 0 Å². The Kier molecular flexibility index (Phi) is 5.90. The van der Waals surface area contributed by atoms with Crippen LogP contribution in [0.5, 0.6) is 5.75 Å². The molecule has 0 bridgehead atoms. The zero-order valence-electron chi connectivity index (χ0n) is 13.2. The third-order valence-electron chi connectivity index (χ3n) is 2.89. The topological polar surface area (TPSA) is 70.9 Å². The molecule has 0 fully saturated rings. The van der Waals surface area contributed by atoms with Crippen molar-refractivity contribution in [1.29, 1.82) is 0 Å². The van der Waals surface area contributed by atoms with Gasteiger partial charge in [-0.15, -0.1) is 0 Å². The lowest BCUT2D eigenvalue weighted by atomic mass is 10.1. The summed E-state index contributed by atoms with van der Waals surface area (Å²) in [6.07, 6.45) is 0. The third-order valence-corrected chi connectivity index (χ3v) is 4.35. The number of aryl methyl sites for hydroxylation is 2. The highest BCUT2D eigenvalue weighted by atomic mass is 32.2. The molecule has 2 rings (SSSR count). The molecule has 118 valence electrons. The summed E-state index contributed by atoms with van der Waals surface area (Å²) >= 11 is 3.19. The second kappa shape index (κ2) is 7.69. The van der Waals surface area contributed by atoms with Crippen molar-refractivity contribution >= 4 is 35.2 Å². The maximum atomic E-state index is 9.85. The van der Waals surface area contributed by atoms with Gasteiger partial charge >= 0.3 is 0 Å². The molecule has 7 heteroatoms. The number of hydrogen-bond donors (Lipinski definition) is 2. The van der Waals surface area contributed by atoms with Gasteiger partial charge in [-0.05, 0) is 48.6 Å². The van der Waals surface area contributed by atoms with Crippen molar-refractivity contribution in [3.63, 3.8) is 0 Å². The molecular weight excluding hydrogens is 316 g/mol. The highest BCUT2D eigenvalue weighted by molar-refractivity contribution is 7.99. The van der Waals surface area contributed by atoms with Crippen molar-refractivity contribution in [1.82, 2.24) is 15.0 Å². The van der Waals surface area contributed by atoms with Gasteiger partial charge in [-0.25, -0.2) is 0 Å². The van der Waals surface area contributed by atoms with Crippen molar-refractivity contribution in [3.05, 3.63) is 23.3 Å². The van der Waals surface area contributed by atoms with Crippen LogP contribution in [0.1, 0.15) is 25.0 Å².